The number of thioether (sulfide) groups is 1. The molecule has 4 aliphatic rings. The number of hydrogen-bond donors (Lipinski definition) is 5. The van der Waals surface area contributed by atoms with E-state index in [0.717, 1.165) is 6.42 Å². The average Bonchev–Trinajstić information content (AvgIpc) is 3.50. The van der Waals surface area contributed by atoms with Gasteiger partial charge in [0.1, 0.15) is 12.2 Å². The summed E-state index contributed by atoms with van der Waals surface area (Å²) >= 11 is 1.45. The molecule has 3 saturated heterocycles. The molecule has 198 valence electrons. The maximum absolute atomic E-state index is 13.1. The highest BCUT2D eigenvalue weighted by molar-refractivity contribution is 8.03. The second kappa shape index (κ2) is 10.4. The average molecular weight is 522 g/mol. The van der Waals surface area contributed by atoms with Gasteiger partial charge in [-0.05, 0) is 18.8 Å². The molecule has 0 aromatic heterocycles. The minimum Gasteiger partial charge on any atom is -0.477 e. The van der Waals surface area contributed by atoms with Crippen LogP contribution in [-0.4, -0.2) is 94.0 Å². The number of carbonyl (C=O) groups is 4. The number of amides is 2. The third kappa shape index (κ3) is 4.96. The number of nitrogens with zero attached hydrogens (tertiary/aromatic N) is 3. The van der Waals surface area contributed by atoms with E-state index in [-0.39, 0.29) is 77.4 Å². The summed E-state index contributed by atoms with van der Waals surface area (Å²) in [5.41, 5.74) is 16.5. The van der Waals surface area contributed by atoms with Crippen LogP contribution in [0.5, 0.6) is 0 Å². The van der Waals surface area contributed by atoms with Gasteiger partial charge in [0, 0.05) is 48.2 Å². The van der Waals surface area contributed by atoms with Crippen LogP contribution in [0.2, 0.25) is 0 Å². The van der Waals surface area contributed by atoms with Crippen LogP contribution in [0.25, 0.3) is 0 Å². The maximum Gasteiger partial charge on any atom is 0.353 e. The summed E-state index contributed by atoms with van der Waals surface area (Å²) < 4.78 is 0. The Bertz CT molecular complexity index is 1010. The number of hydrogen-bond acceptors (Lipinski definition) is 8. The van der Waals surface area contributed by atoms with Crippen molar-refractivity contribution in [1.29, 1.82) is 0 Å². The van der Waals surface area contributed by atoms with Gasteiger partial charge in [0.25, 0.3) is 0 Å². The van der Waals surface area contributed by atoms with Gasteiger partial charge in [-0.25, -0.2) is 9.79 Å². The fourth-order valence-corrected chi connectivity index (χ4v) is 7.34. The standard InChI is InChI=1S/C23H35N7O5S/c1-10(5-13(31)7-28-23(25)26)16-17-11(2)19(18(22(34)35)30(17)21(16)33)36-14-6-15(27-8-14)20(32)29-4-3-12(24)9-29/h10-12,14-17,27H,3-9,24H2,1-2H3,(H,34,35)(H4,25,26,28)/t10-,11+,12-,14-,15-,16+,17+/m0/s1. The third-order valence-corrected chi connectivity index (χ3v) is 9.12. The van der Waals surface area contributed by atoms with Crippen molar-refractivity contribution in [3.8, 4) is 0 Å². The zero-order valence-electron chi connectivity index (χ0n) is 20.6. The lowest BCUT2D eigenvalue weighted by atomic mass is 9.73. The van der Waals surface area contributed by atoms with Crippen molar-refractivity contribution in [2.75, 3.05) is 26.2 Å². The summed E-state index contributed by atoms with van der Waals surface area (Å²) in [5, 5.41) is 13.3. The molecule has 4 rings (SSSR count). The Balaban J connectivity index is 1.41. The molecule has 8 N–H and O–H groups in total. The van der Waals surface area contributed by atoms with Crippen LogP contribution >= 0.6 is 11.8 Å². The number of rotatable bonds is 9. The number of Topliss-reactive ketones (excluding diaryl/α,β-unsaturated/α-hetero) is 1. The van der Waals surface area contributed by atoms with Crippen LogP contribution in [0.3, 0.4) is 0 Å². The minimum atomic E-state index is -1.14. The first-order chi connectivity index (χ1) is 17.0. The first-order valence-corrected chi connectivity index (χ1v) is 13.2. The second-order valence-electron chi connectivity index (χ2n) is 10.3. The predicted molar refractivity (Wildman–Crippen MR) is 134 cm³/mol. The van der Waals surface area contributed by atoms with Gasteiger partial charge in [0.05, 0.1) is 18.0 Å². The number of fused-ring (bicyclic) bond motifs is 1. The SMILES string of the molecule is C[C@@H](CC(=O)CN=C(N)N)[C@H]1C(=O)N2C(C(=O)O)=C(S[C@@H]3CN[C@H](C(=O)N4CC[C@H](N)C4)C3)[C@H](C)[C@H]12. The van der Waals surface area contributed by atoms with Crippen molar-refractivity contribution in [1.82, 2.24) is 15.1 Å². The van der Waals surface area contributed by atoms with E-state index >= 15 is 0 Å². The molecule has 4 heterocycles. The predicted octanol–water partition coefficient (Wildman–Crippen LogP) is -1.35. The molecule has 0 saturated carbocycles. The van der Waals surface area contributed by atoms with Crippen molar-refractivity contribution < 1.29 is 24.3 Å². The Kier molecular flexibility index (Phi) is 7.62. The van der Waals surface area contributed by atoms with Crippen LogP contribution in [0.15, 0.2) is 15.6 Å². The quantitative estimate of drug-likeness (QED) is 0.137. The highest BCUT2D eigenvalue weighted by atomic mass is 32.2. The number of carboxylic acid groups (broad SMARTS) is 1. The van der Waals surface area contributed by atoms with Gasteiger partial charge in [-0.15, -0.1) is 11.8 Å². The number of likely N-dealkylation sites (tertiary alicyclic amines) is 1. The number of aliphatic imine (C=N–C) groups is 1. The summed E-state index contributed by atoms with van der Waals surface area (Å²) in [7, 11) is 0. The van der Waals surface area contributed by atoms with E-state index in [1.165, 1.54) is 16.7 Å². The molecule has 12 nitrogen and oxygen atoms in total. The van der Waals surface area contributed by atoms with Crippen LogP contribution in [-0.2, 0) is 19.2 Å². The Morgan fingerprint density at radius 2 is 2.03 bits per heavy atom. The third-order valence-electron chi connectivity index (χ3n) is 7.61. The largest absolute Gasteiger partial charge is 0.477 e. The summed E-state index contributed by atoms with van der Waals surface area (Å²) in [6.07, 6.45) is 1.51. The van der Waals surface area contributed by atoms with E-state index in [1.54, 1.807) is 4.90 Å². The zero-order valence-corrected chi connectivity index (χ0v) is 21.4. The summed E-state index contributed by atoms with van der Waals surface area (Å²) in [4.78, 5) is 57.9. The number of nitrogens with two attached hydrogens (primary N) is 3. The van der Waals surface area contributed by atoms with E-state index in [1.807, 2.05) is 13.8 Å². The van der Waals surface area contributed by atoms with Gasteiger partial charge < -0.3 is 37.4 Å². The molecule has 0 aromatic rings. The van der Waals surface area contributed by atoms with E-state index in [0.29, 0.717) is 31.0 Å². The van der Waals surface area contributed by atoms with Crippen molar-refractivity contribution >= 4 is 41.3 Å². The van der Waals surface area contributed by atoms with Crippen LogP contribution in [0.1, 0.15) is 33.1 Å². The van der Waals surface area contributed by atoms with E-state index in [9.17, 15) is 24.3 Å². The van der Waals surface area contributed by atoms with Crippen molar-refractivity contribution in [2.24, 2.45) is 39.9 Å². The van der Waals surface area contributed by atoms with Crippen LogP contribution in [0, 0.1) is 17.8 Å². The number of guanidine groups is 1. The van der Waals surface area contributed by atoms with Gasteiger partial charge in [0.15, 0.2) is 11.7 Å². The lowest BCUT2D eigenvalue weighted by Crippen LogP contribution is -2.62. The van der Waals surface area contributed by atoms with E-state index in [2.05, 4.69) is 10.3 Å². The second-order valence-corrected chi connectivity index (χ2v) is 11.6. The molecular formula is C23H35N7O5S. The Labute approximate surface area is 214 Å². The smallest absolute Gasteiger partial charge is 0.353 e. The molecule has 0 aromatic carbocycles. The highest BCUT2D eigenvalue weighted by Gasteiger charge is 2.60. The highest BCUT2D eigenvalue weighted by Crippen LogP contribution is 2.53. The summed E-state index contributed by atoms with van der Waals surface area (Å²) in [5.74, 6) is -2.64. The van der Waals surface area contributed by atoms with E-state index < -0.39 is 11.9 Å². The Morgan fingerprint density at radius 3 is 2.64 bits per heavy atom. The van der Waals surface area contributed by atoms with Crippen molar-refractivity contribution in [3.63, 3.8) is 0 Å². The number of carbonyl (C=O) groups excluding carboxylic acids is 3. The summed E-state index contributed by atoms with van der Waals surface area (Å²) in [6.45, 7) is 5.41. The lowest BCUT2D eigenvalue weighted by Gasteiger charge is -2.47. The van der Waals surface area contributed by atoms with Gasteiger partial charge >= 0.3 is 5.97 Å². The van der Waals surface area contributed by atoms with E-state index in [4.69, 9.17) is 17.2 Å². The topological polar surface area (TPSA) is 197 Å². The van der Waals surface area contributed by atoms with Gasteiger partial charge in [-0.2, -0.15) is 0 Å². The Hall–Kier alpha value is -2.64. The number of aliphatic carboxylic acids is 1. The van der Waals surface area contributed by atoms with Gasteiger partial charge in [-0.1, -0.05) is 13.8 Å². The molecule has 36 heavy (non-hydrogen) atoms. The molecule has 0 radical (unpaired) electrons. The molecule has 0 unspecified atom stereocenters. The van der Waals surface area contributed by atoms with Crippen LogP contribution < -0.4 is 22.5 Å². The molecule has 3 fully saturated rings. The minimum absolute atomic E-state index is 0.00728. The Morgan fingerprint density at radius 1 is 1.31 bits per heavy atom. The number of β-lactam (4-membered cyclic amide) rings is 1. The molecule has 2 amide bonds. The fourth-order valence-electron chi connectivity index (χ4n) is 5.87. The number of carboxylic acids is 1. The first-order valence-electron chi connectivity index (χ1n) is 12.3. The molecular weight excluding hydrogens is 486 g/mol. The van der Waals surface area contributed by atoms with Crippen LogP contribution in [0.4, 0.5) is 0 Å². The molecule has 4 aliphatic heterocycles. The normalized spacial score (nSPS) is 32.4. The number of ketones is 1. The lowest BCUT2D eigenvalue weighted by molar-refractivity contribution is -0.160. The first kappa shape index (κ1) is 26.4. The summed E-state index contributed by atoms with van der Waals surface area (Å²) in [6, 6.07) is -0.613. The molecule has 0 spiro atoms. The molecule has 7 atom stereocenters. The number of nitrogens with one attached hydrogen (secondary N) is 1. The van der Waals surface area contributed by atoms with Crippen molar-refractivity contribution in [3.05, 3.63) is 10.6 Å². The molecule has 0 aliphatic carbocycles. The van der Waals surface area contributed by atoms with Gasteiger partial charge in [-0.3, -0.25) is 14.4 Å². The monoisotopic (exact) mass is 521 g/mol. The van der Waals surface area contributed by atoms with Crippen molar-refractivity contribution in [2.45, 2.75) is 56.5 Å². The maximum atomic E-state index is 13.1. The zero-order chi connectivity index (χ0) is 26.3. The fraction of sp³-hybridized carbons (Fsp3) is 0.696. The molecule has 0 bridgehead atoms. The van der Waals surface area contributed by atoms with Gasteiger partial charge in [0.2, 0.25) is 11.8 Å². The molecule has 13 heteroatoms.